The van der Waals surface area contributed by atoms with Crippen molar-refractivity contribution in [2.45, 2.75) is 35.8 Å². The van der Waals surface area contributed by atoms with E-state index in [9.17, 15) is 4.79 Å². The second-order valence-corrected chi connectivity index (χ2v) is 6.35. The molecule has 3 atom stereocenters. The summed E-state index contributed by atoms with van der Waals surface area (Å²) >= 11 is 6.98. The van der Waals surface area contributed by atoms with Crippen LogP contribution >= 0.6 is 31.9 Å². The molecule has 0 aliphatic heterocycles. The summed E-state index contributed by atoms with van der Waals surface area (Å²) in [6.07, 6.45) is 1.78. The second kappa shape index (κ2) is 3.17. The van der Waals surface area contributed by atoms with Crippen molar-refractivity contribution < 1.29 is 4.79 Å². The van der Waals surface area contributed by atoms with Crippen LogP contribution in [0.5, 0.6) is 0 Å². The summed E-state index contributed by atoms with van der Waals surface area (Å²) in [4.78, 5) is 11.3. The molecule has 0 saturated heterocycles. The van der Waals surface area contributed by atoms with Crippen molar-refractivity contribution in [2.75, 3.05) is 0 Å². The van der Waals surface area contributed by atoms with E-state index >= 15 is 0 Å². The molecule has 1 aliphatic rings. The zero-order chi connectivity index (χ0) is 8.65. The Bertz CT molecular complexity index is 177. The minimum Gasteiger partial charge on any atom is -0.298 e. The lowest BCUT2D eigenvalue weighted by molar-refractivity contribution is -0.121. The van der Waals surface area contributed by atoms with Crippen LogP contribution in [0.2, 0.25) is 0 Å². The highest BCUT2D eigenvalue weighted by Gasteiger charge is 2.40. The van der Waals surface area contributed by atoms with Crippen molar-refractivity contribution in [1.82, 2.24) is 0 Å². The maximum absolute atomic E-state index is 11.3. The standard InChI is InChI=1S/C8H12Br2O/c1-5-3-6(11)7(9)8(2,10)4-5/h5,7H,3-4H2,1-2H3. The Morgan fingerprint density at radius 2 is 2.18 bits per heavy atom. The third kappa shape index (κ3) is 2.05. The normalized spacial score (nSPS) is 46.0. The second-order valence-electron chi connectivity index (χ2n) is 3.62. The van der Waals surface area contributed by atoms with Gasteiger partial charge in [0.2, 0.25) is 0 Å². The van der Waals surface area contributed by atoms with E-state index in [0.717, 1.165) is 12.8 Å². The number of Topliss-reactive ketones (excluding diaryl/α,β-unsaturated/α-hetero) is 1. The summed E-state index contributed by atoms with van der Waals surface area (Å²) < 4.78 is -0.0399. The van der Waals surface area contributed by atoms with Gasteiger partial charge in [0.25, 0.3) is 0 Å². The fourth-order valence-corrected chi connectivity index (χ4v) is 2.82. The largest absolute Gasteiger partial charge is 0.298 e. The van der Waals surface area contributed by atoms with Gasteiger partial charge in [-0.15, -0.1) is 0 Å². The predicted molar refractivity (Wildman–Crippen MR) is 53.5 cm³/mol. The molecular formula is C8H12Br2O. The smallest absolute Gasteiger partial charge is 0.148 e. The third-order valence-corrected chi connectivity index (χ3v) is 5.03. The van der Waals surface area contributed by atoms with Gasteiger partial charge in [0.15, 0.2) is 0 Å². The summed E-state index contributed by atoms with van der Waals surface area (Å²) in [7, 11) is 0. The first-order valence-corrected chi connectivity index (χ1v) is 5.50. The Labute approximate surface area is 84.2 Å². The first kappa shape index (κ1) is 9.72. The molecule has 0 aromatic rings. The van der Waals surface area contributed by atoms with Crippen LogP contribution in [0, 0.1) is 5.92 Å². The van der Waals surface area contributed by atoms with Crippen molar-refractivity contribution >= 4 is 37.6 Å². The molecule has 1 aliphatic carbocycles. The van der Waals surface area contributed by atoms with Crippen molar-refractivity contribution in [2.24, 2.45) is 5.92 Å². The molecule has 0 N–H and O–H groups in total. The molecule has 64 valence electrons. The molecule has 1 nitrogen and oxygen atoms in total. The molecule has 3 heteroatoms. The Morgan fingerprint density at radius 1 is 1.64 bits per heavy atom. The van der Waals surface area contributed by atoms with Gasteiger partial charge in [0, 0.05) is 10.7 Å². The molecule has 0 heterocycles. The minimum absolute atomic E-state index is 0.00815. The first-order chi connectivity index (χ1) is 4.93. The van der Waals surface area contributed by atoms with E-state index in [0.29, 0.717) is 11.7 Å². The molecule has 11 heavy (non-hydrogen) atoms. The molecule has 0 bridgehead atoms. The lowest BCUT2D eigenvalue weighted by Gasteiger charge is -2.35. The van der Waals surface area contributed by atoms with Crippen LogP contribution in [0.3, 0.4) is 0 Å². The number of hydrogen-bond acceptors (Lipinski definition) is 1. The maximum atomic E-state index is 11.3. The lowest BCUT2D eigenvalue weighted by Crippen LogP contribution is -2.42. The zero-order valence-corrected chi connectivity index (χ0v) is 9.91. The molecule has 0 radical (unpaired) electrons. The van der Waals surface area contributed by atoms with Crippen molar-refractivity contribution in [1.29, 1.82) is 0 Å². The SMILES string of the molecule is CC1CC(=O)C(Br)C(C)(Br)C1. The van der Waals surface area contributed by atoms with Crippen LogP contribution in [-0.4, -0.2) is 14.9 Å². The van der Waals surface area contributed by atoms with Gasteiger partial charge >= 0.3 is 0 Å². The van der Waals surface area contributed by atoms with E-state index < -0.39 is 0 Å². The number of halogens is 2. The summed E-state index contributed by atoms with van der Waals surface area (Å²) in [5.41, 5.74) is 0. The monoisotopic (exact) mass is 282 g/mol. The van der Waals surface area contributed by atoms with Crippen LogP contribution in [0.25, 0.3) is 0 Å². The Morgan fingerprint density at radius 3 is 2.64 bits per heavy atom. The van der Waals surface area contributed by atoms with E-state index in [1.165, 1.54) is 0 Å². The third-order valence-electron chi connectivity index (χ3n) is 2.11. The molecule has 0 spiro atoms. The highest BCUT2D eigenvalue weighted by Crippen LogP contribution is 2.40. The van der Waals surface area contributed by atoms with Crippen LogP contribution in [0.4, 0.5) is 0 Å². The topological polar surface area (TPSA) is 17.1 Å². The van der Waals surface area contributed by atoms with Gasteiger partial charge in [-0.1, -0.05) is 38.8 Å². The van der Waals surface area contributed by atoms with E-state index in [4.69, 9.17) is 0 Å². The van der Waals surface area contributed by atoms with E-state index in [1.54, 1.807) is 0 Å². The highest BCUT2D eigenvalue weighted by molar-refractivity contribution is 9.12. The van der Waals surface area contributed by atoms with Crippen LogP contribution in [0.1, 0.15) is 26.7 Å². The summed E-state index contributed by atoms with van der Waals surface area (Å²) in [6, 6.07) is 0. The van der Waals surface area contributed by atoms with Gasteiger partial charge in [-0.2, -0.15) is 0 Å². The Balaban J connectivity index is 2.75. The molecule has 0 amide bonds. The fourth-order valence-electron chi connectivity index (χ4n) is 1.64. The average molecular weight is 284 g/mol. The van der Waals surface area contributed by atoms with Gasteiger partial charge < -0.3 is 0 Å². The number of carbonyl (C=O) groups excluding carboxylic acids is 1. The Hall–Kier alpha value is 0.630. The number of carbonyl (C=O) groups is 1. The van der Waals surface area contributed by atoms with Gasteiger partial charge in [-0.05, 0) is 19.3 Å². The molecule has 1 fully saturated rings. The highest BCUT2D eigenvalue weighted by atomic mass is 79.9. The van der Waals surface area contributed by atoms with E-state index in [-0.39, 0.29) is 9.15 Å². The zero-order valence-electron chi connectivity index (χ0n) is 6.73. The van der Waals surface area contributed by atoms with Crippen LogP contribution in [-0.2, 0) is 4.79 Å². The molecule has 1 saturated carbocycles. The summed E-state index contributed by atoms with van der Waals surface area (Å²) in [6.45, 7) is 4.19. The Kier molecular flexibility index (Phi) is 2.80. The van der Waals surface area contributed by atoms with Crippen molar-refractivity contribution in [3.63, 3.8) is 0 Å². The number of rotatable bonds is 0. The predicted octanol–water partition coefficient (Wildman–Crippen LogP) is 2.90. The van der Waals surface area contributed by atoms with Crippen LogP contribution in [0.15, 0.2) is 0 Å². The molecule has 0 aromatic heterocycles. The minimum atomic E-state index is -0.0399. The van der Waals surface area contributed by atoms with Gasteiger partial charge in [0.05, 0.1) is 4.83 Å². The molecule has 1 rings (SSSR count). The summed E-state index contributed by atoms with van der Waals surface area (Å²) in [5, 5.41) is 0. The lowest BCUT2D eigenvalue weighted by atomic mass is 9.82. The molecule has 3 unspecified atom stereocenters. The number of hydrogen-bond donors (Lipinski definition) is 0. The average Bonchev–Trinajstić information content (AvgIpc) is 1.81. The summed E-state index contributed by atoms with van der Waals surface area (Å²) in [5.74, 6) is 0.837. The van der Waals surface area contributed by atoms with Crippen molar-refractivity contribution in [3.8, 4) is 0 Å². The van der Waals surface area contributed by atoms with Crippen molar-refractivity contribution in [3.05, 3.63) is 0 Å². The fraction of sp³-hybridized carbons (Fsp3) is 0.875. The maximum Gasteiger partial charge on any atom is 0.148 e. The van der Waals surface area contributed by atoms with Crippen LogP contribution < -0.4 is 0 Å². The number of alkyl halides is 2. The van der Waals surface area contributed by atoms with E-state index in [1.807, 2.05) is 0 Å². The van der Waals surface area contributed by atoms with Gasteiger partial charge in [-0.3, -0.25) is 4.79 Å². The molecular weight excluding hydrogens is 272 g/mol. The van der Waals surface area contributed by atoms with Gasteiger partial charge in [-0.25, -0.2) is 0 Å². The van der Waals surface area contributed by atoms with E-state index in [2.05, 4.69) is 45.7 Å². The first-order valence-electron chi connectivity index (χ1n) is 3.79. The molecule has 0 aromatic carbocycles. The van der Waals surface area contributed by atoms with Gasteiger partial charge in [0.1, 0.15) is 5.78 Å². The number of ketones is 1. The quantitative estimate of drug-likeness (QED) is 0.625.